The minimum atomic E-state index is -0.362. The van der Waals surface area contributed by atoms with Crippen LogP contribution in [0, 0.1) is 0 Å². The Morgan fingerprint density at radius 2 is 1.69 bits per heavy atom. The first-order valence-electron chi connectivity index (χ1n) is 7.82. The maximum Gasteiger partial charge on any atom is 0.257 e. The van der Waals surface area contributed by atoms with Crippen molar-refractivity contribution in [3.8, 4) is 0 Å². The fraction of sp³-hybridized carbons (Fsp3) is 0.0526. The van der Waals surface area contributed by atoms with Gasteiger partial charge in [0.15, 0.2) is 0 Å². The van der Waals surface area contributed by atoms with Crippen LogP contribution in [0.5, 0.6) is 0 Å². The second-order valence-corrected chi connectivity index (χ2v) is 5.86. The van der Waals surface area contributed by atoms with Crippen LogP contribution in [0.4, 0.5) is 5.69 Å². The highest BCUT2D eigenvalue weighted by molar-refractivity contribution is 6.30. The fourth-order valence-corrected chi connectivity index (χ4v) is 2.33. The van der Waals surface area contributed by atoms with Gasteiger partial charge in [-0.2, -0.15) is 0 Å². The Labute approximate surface area is 155 Å². The van der Waals surface area contributed by atoms with Gasteiger partial charge in [-0.05, 0) is 42.5 Å². The number of hydrogen-bond acceptors (Lipinski definition) is 4. The van der Waals surface area contributed by atoms with E-state index < -0.39 is 0 Å². The molecule has 3 rings (SSSR count). The van der Waals surface area contributed by atoms with Crippen LogP contribution >= 0.6 is 11.6 Å². The number of amides is 2. The molecule has 6 nitrogen and oxygen atoms in total. The highest BCUT2D eigenvalue weighted by Crippen LogP contribution is 2.14. The van der Waals surface area contributed by atoms with E-state index in [2.05, 4.69) is 20.6 Å². The van der Waals surface area contributed by atoms with E-state index in [1.54, 1.807) is 36.5 Å². The second kappa shape index (κ2) is 8.22. The van der Waals surface area contributed by atoms with Crippen molar-refractivity contribution in [2.24, 2.45) is 0 Å². The van der Waals surface area contributed by atoms with Gasteiger partial charge in [0.05, 0.1) is 23.4 Å². The van der Waals surface area contributed by atoms with Gasteiger partial charge in [-0.15, -0.1) is 0 Å². The van der Waals surface area contributed by atoms with Crippen LogP contribution in [0.1, 0.15) is 26.4 Å². The Kier molecular flexibility index (Phi) is 5.56. The van der Waals surface area contributed by atoms with E-state index in [1.165, 1.54) is 18.5 Å². The number of carbonyl (C=O) groups is 2. The number of nitrogens with one attached hydrogen (secondary N) is 2. The van der Waals surface area contributed by atoms with Gasteiger partial charge in [0.2, 0.25) is 0 Å². The van der Waals surface area contributed by atoms with Crippen LogP contribution in [0.2, 0.25) is 5.02 Å². The number of benzene rings is 1. The van der Waals surface area contributed by atoms with Gasteiger partial charge in [0.25, 0.3) is 11.8 Å². The van der Waals surface area contributed by atoms with E-state index in [4.69, 9.17) is 11.6 Å². The molecule has 0 spiro atoms. The summed E-state index contributed by atoms with van der Waals surface area (Å²) in [4.78, 5) is 32.7. The van der Waals surface area contributed by atoms with E-state index in [9.17, 15) is 9.59 Å². The summed E-state index contributed by atoms with van der Waals surface area (Å²) >= 11 is 5.82. The third kappa shape index (κ3) is 4.64. The molecule has 26 heavy (non-hydrogen) atoms. The highest BCUT2D eigenvalue weighted by atomic mass is 35.5. The maximum absolute atomic E-state index is 12.3. The standard InChI is InChI=1S/C19H15ClN4O2/c20-15-4-6-16(7-5-15)24-19(26)14-9-13(10-21-11-14)18(25)23-12-17-3-1-2-8-22-17/h1-11H,12H2,(H,23,25)(H,24,26). The second-order valence-electron chi connectivity index (χ2n) is 5.43. The molecule has 2 aromatic heterocycles. The number of halogens is 1. The molecule has 0 atom stereocenters. The topological polar surface area (TPSA) is 84.0 Å². The van der Waals surface area contributed by atoms with Crippen molar-refractivity contribution in [2.75, 3.05) is 5.32 Å². The molecule has 7 heteroatoms. The first kappa shape index (κ1) is 17.6. The summed E-state index contributed by atoms with van der Waals surface area (Å²) in [6.07, 6.45) is 4.47. The zero-order chi connectivity index (χ0) is 18.4. The van der Waals surface area contributed by atoms with E-state index in [0.717, 1.165) is 5.69 Å². The molecule has 2 heterocycles. The Balaban J connectivity index is 1.66. The fourth-order valence-electron chi connectivity index (χ4n) is 2.20. The van der Waals surface area contributed by atoms with Crippen LogP contribution in [0.3, 0.4) is 0 Å². The molecule has 1 aromatic carbocycles. The lowest BCUT2D eigenvalue weighted by molar-refractivity contribution is 0.0950. The van der Waals surface area contributed by atoms with E-state index >= 15 is 0 Å². The summed E-state index contributed by atoms with van der Waals surface area (Å²) in [5.41, 5.74) is 1.92. The summed E-state index contributed by atoms with van der Waals surface area (Å²) in [6, 6.07) is 13.7. The molecule has 0 aliphatic heterocycles. The van der Waals surface area contributed by atoms with Gasteiger partial charge in [0, 0.05) is 29.3 Å². The van der Waals surface area contributed by atoms with Crippen LogP contribution in [0.25, 0.3) is 0 Å². The summed E-state index contributed by atoms with van der Waals surface area (Å²) in [5.74, 6) is -0.691. The molecule has 0 aliphatic carbocycles. The molecule has 2 N–H and O–H groups in total. The van der Waals surface area contributed by atoms with Crippen LogP contribution in [-0.2, 0) is 6.54 Å². The molecule has 0 radical (unpaired) electrons. The largest absolute Gasteiger partial charge is 0.346 e. The number of pyridine rings is 2. The lowest BCUT2D eigenvalue weighted by Gasteiger charge is -2.07. The summed E-state index contributed by atoms with van der Waals surface area (Å²) in [6.45, 7) is 0.293. The summed E-state index contributed by atoms with van der Waals surface area (Å²) < 4.78 is 0. The Bertz CT molecular complexity index is 914. The van der Waals surface area contributed by atoms with Gasteiger partial charge >= 0.3 is 0 Å². The van der Waals surface area contributed by atoms with E-state index in [0.29, 0.717) is 22.8 Å². The minimum Gasteiger partial charge on any atom is -0.346 e. The SMILES string of the molecule is O=C(NCc1ccccn1)c1cncc(C(=O)Nc2ccc(Cl)cc2)c1. The predicted molar refractivity (Wildman–Crippen MR) is 99.0 cm³/mol. The smallest absolute Gasteiger partial charge is 0.257 e. The lowest BCUT2D eigenvalue weighted by atomic mass is 10.1. The van der Waals surface area contributed by atoms with Crippen LogP contribution in [0.15, 0.2) is 67.1 Å². The Morgan fingerprint density at radius 3 is 2.38 bits per heavy atom. The molecule has 130 valence electrons. The predicted octanol–water partition coefficient (Wildman–Crippen LogP) is 3.31. The monoisotopic (exact) mass is 366 g/mol. The molecule has 0 aliphatic rings. The number of hydrogen-bond donors (Lipinski definition) is 2. The molecular formula is C19H15ClN4O2. The minimum absolute atomic E-state index is 0.283. The van der Waals surface area contributed by atoms with Gasteiger partial charge < -0.3 is 10.6 Å². The molecule has 2 amide bonds. The number of rotatable bonds is 5. The first-order valence-corrected chi connectivity index (χ1v) is 8.20. The zero-order valence-corrected chi connectivity index (χ0v) is 14.4. The third-order valence-corrected chi connectivity index (χ3v) is 3.77. The Hall–Kier alpha value is -3.25. The van der Waals surface area contributed by atoms with Gasteiger partial charge in [-0.1, -0.05) is 17.7 Å². The third-order valence-electron chi connectivity index (χ3n) is 3.52. The van der Waals surface area contributed by atoms with Crippen molar-refractivity contribution in [3.05, 3.63) is 89.0 Å². The maximum atomic E-state index is 12.3. The van der Waals surface area contributed by atoms with Crippen molar-refractivity contribution >= 4 is 29.1 Å². The highest BCUT2D eigenvalue weighted by Gasteiger charge is 2.12. The van der Waals surface area contributed by atoms with Crippen molar-refractivity contribution in [2.45, 2.75) is 6.54 Å². The number of carbonyl (C=O) groups excluding carboxylic acids is 2. The van der Waals surface area contributed by atoms with Crippen LogP contribution < -0.4 is 10.6 Å². The first-order chi connectivity index (χ1) is 12.6. The molecule has 0 unspecified atom stereocenters. The Morgan fingerprint density at radius 1 is 0.962 bits per heavy atom. The van der Waals surface area contributed by atoms with Crippen molar-refractivity contribution < 1.29 is 9.59 Å². The molecule has 0 bridgehead atoms. The van der Waals surface area contributed by atoms with E-state index in [1.807, 2.05) is 12.1 Å². The number of anilines is 1. The van der Waals surface area contributed by atoms with Crippen molar-refractivity contribution in [3.63, 3.8) is 0 Å². The molecule has 0 fully saturated rings. The molecule has 3 aromatic rings. The lowest BCUT2D eigenvalue weighted by Crippen LogP contribution is -2.24. The average molecular weight is 367 g/mol. The van der Waals surface area contributed by atoms with Crippen LogP contribution in [-0.4, -0.2) is 21.8 Å². The van der Waals surface area contributed by atoms with Gasteiger partial charge in [-0.25, -0.2) is 0 Å². The van der Waals surface area contributed by atoms with E-state index in [-0.39, 0.29) is 17.4 Å². The molecule has 0 saturated carbocycles. The zero-order valence-electron chi connectivity index (χ0n) is 13.6. The van der Waals surface area contributed by atoms with Crippen molar-refractivity contribution in [1.29, 1.82) is 0 Å². The molecular weight excluding hydrogens is 352 g/mol. The summed E-state index contributed by atoms with van der Waals surface area (Å²) in [5, 5.41) is 6.06. The number of aromatic nitrogens is 2. The normalized spacial score (nSPS) is 10.2. The average Bonchev–Trinajstić information content (AvgIpc) is 2.69. The summed E-state index contributed by atoms with van der Waals surface area (Å²) in [7, 11) is 0. The van der Waals surface area contributed by atoms with Gasteiger partial charge in [0.1, 0.15) is 0 Å². The number of nitrogens with zero attached hydrogens (tertiary/aromatic N) is 2. The molecule has 0 saturated heterocycles. The quantitative estimate of drug-likeness (QED) is 0.725. The van der Waals surface area contributed by atoms with Gasteiger partial charge in [-0.3, -0.25) is 19.6 Å². The van der Waals surface area contributed by atoms with Crippen molar-refractivity contribution in [1.82, 2.24) is 15.3 Å².